The summed E-state index contributed by atoms with van der Waals surface area (Å²) >= 11 is 0. The number of aryl methyl sites for hydroxylation is 1. The maximum Gasteiger partial charge on any atom is 0.151 e. The minimum atomic E-state index is 0.890. The van der Waals surface area contributed by atoms with Gasteiger partial charge in [-0.05, 0) is 78.8 Å². The van der Waals surface area contributed by atoms with Crippen molar-refractivity contribution in [1.82, 2.24) is 4.98 Å². The SMILES string of the molecule is C1=Cc2c(ccc3[nH]c4c(-c5ccc6c(c5)N(c5ccccc5)C5=CCCC=C5O6)cccc4c23)CC1. The van der Waals surface area contributed by atoms with Gasteiger partial charge < -0.3 is 14.6 Å². The predicted molar refractivity (Wildman–Crippen MR) is 153 cm³/mol. The third kappa shape index (κ3) is 3.14. The number of hydrogen-bond acceptors (Lipinski definition) is 2. The number of benzene rings is 4. The van der Waals surface area contributed by atoms with Crippen molar-refractivity contribution in [2.45, 2.75) is 25.7 Å². The summed E-state index contributed by atoms with van der Waals surface area (Å²) in [5.41, 5.74) is 10.9. The summed E-state index contributed by atoms with van der Waals surface area (Å²) in [6.07, 6.45) is 13.4. The van der Waals surface area contributed by atoms with Crippen LogP contribution in [0.1, 0.15) is 30.4 Å². The van der Waals surface area contributed by atoms with E-state index in [1.54, 1.807) is 0 Å². The van der Waals surface area contributed by atoms with Gasteiger partial charge in [0, 0.05) is 27.5 Å². The normalized spacial score (nSPS) is 16.1. The highest BCUT2D eigenvalue weighted by Gasteiger charge is 2.30. The van der Waals surface area contributed by atoms with Gasteiger partial charge in [0.05, 0.1) is 16.9 Å². The van der Waals surface area contributed by atoms with Crippen LogP contribution in [0.5, 0.6) is 5.75 Å². The predicted octanol–water partition coefficient (Wildman–Crippen LogP) is 9.04. The summed E-state index contributed by atoms with van der Waals surface area (Å²) in [4.78, 5) is 6.11. The van der Waals surface area contributed by atoms with E-state index in [0.717, 1.165) is 54.3 Å². The Morgan fingerprint density at radius 1 is 0.811 bits per heavy atom. The summed E-state index contributed by atoms with van der Waals surface area (Å²) in [6.45, 7) is 0. The fourth-order valence-corrected chi connectivity index (χ4v) is 6.16. The zero-order valence-electron chi connectivity index (χ0n) is 20.5. The summed E-state index contributed by atoms with van der Waals surface area (Å²) in [6, 6.07) is 28.4. The van der Waals surface area contributed by atoms with Gasteiger partial charge in [-0.1, -0.05) is 66.8 Å². The number of aromatic nitrogens is 1. The first-order chi connectivity index (χ1) is 18.3. The highest BCUT2D eigenvalue weighted by atomic mass is 16.5. The second-order valence-electron chi connectivity index (χ2n) is 10.0. The van der Waals surface area contributed by atoms with E-state index in [0.29, 0.717) is 0 Å². The van der Waals surface area contributed by atoms with Crippen LogP contribution in [0.2, 0.25) is 0 Å². The molecule has 1 N–H and O–H groups in total. The lowest BCUT2D eigenvalue weighted by Crippen LogP contribution is -2.26. The van der Waals surface area contributed by atoms with Gasteiger partial charge in [0.25, 0.3) is 0 Å². The number of rotatable bonds is 2. The van der Waals surface area contributed by atoms with E-state index in [-0.39, 0.29) is 0 Å². The van der Waals surface area contributed by atoms with Crippen molar-refractivity contribution in [2.24, 2.45) is 0 Å². The van der Waals surface area contributed by atoms with E-state index >= 15 is 0 Å². The third-order valence-corrected chi connectivity index (χ3v) is 7.87. The Kier molecular flexibility index (Phi) is 4.47. The Morgan fingerprint density at radius 2 is 1.73 bits per heavy atom. The number of nitrogens with one attached hydrogen (secondary N) is 1. The maximum atomic E-state index is 6.41. The number of ether oxygens (including phenoxy) is 1. The van der Waals surface area contributed by atoms with Crippen LogP contribution in [0.15, 0.2) is 109 Å². The smallest absolute Gasteiger partial charge is 0.151 e. The van der Waals surface area contributed by atoms with E-state index in [2.05, 4.69) is 113 Å². The molecule has 0 atom stereocenters. The first-order valence-electron chi connectivity index (χ1n) is 13.2. The average Bonchev–Trinajstić information content (AvgIpc) is 3.35. The van der Waals surface area contributed by atoms with Crippen LogP contribution in [0.3, 0.4) is 0 Å². The van der Waals surface area contributed by atoms with Crippen molar-refractivity contribution in [2.75, 3.05) is 4.90 Å². The van der Waals surface area contributed by atoms with E-state index in [1.807, 2.05) is 0 Å². The molecule has 0 saturated carbocycles. The minimum Gasteiger partial charge on any atom is -0.453 e. The van der Waals surface area contributed by atoms with E-state index in [4.69, 9.17) is 4.74 Å². The van der Waals surface area contributed by atoms with Crippen LogP contribution in [-0.2, 0) is 6.42 Å². The molecule has 8 rings (SSSR count). The first kappa shape index (κ1) is 20.7. The van der Waals surface area contributed by atoms with E-state index in [9.17, 15) is 0 Å². The number of fused-ring (bicyclic) bond motifs is 7. The maximum absolute atomic E-state index is 6.41. The lowest BCUT2D eigenvalue weighted by atomic mass is 9.92. The van der Waals surface area contributed by atoms with Crippen LogP contribution in [-0.4, -0.2) is 4.98 Å². The molecular weight excluding hydrogens is 452 g/mol. The Morgan fingerprint density at radius 3 is 2.68 bits per heavy atom. The lowest BCUT2D eigenvalue weighted by Gasteiger charge is -2.36. The minimum absolute atomic E-state index is 0.890. The standard InChI is InChI=1S/C34H26N2O/c1-2-10-24(11-3-1)36-29-15-6-7-16-31(29)37-32-20-18-23(21-30(32)36)26-13-8-14-27-33-25-12-5-4-9-22(25)17-19-28(33)35-34(26)27/h1-3,5,8,10-21,35H,4,6-7,9H2. The monoisotopic (exact) mass is 478 g/mol. The number of H-pyrrole nitrogens is 1. The molecule has 0 unspecified atom stereocenters. The molecule has 1 aromatic heterocycles. The molecule has 0 amide bonds. The molecule has 3 aliphatic rings. The Bertz CT molecular complexity index is 1800. The molecule has 2 heterocycles. The Balaban J connectivity index is 1.34. The van der Waals surface area contributed by atoms with Crippen molar-refractivity contribution in [3.63, 3.8) is 0 Å². The van der Waals surface area contributed by atoms with Crippen molar-refractivity contribution < 1.29 is 4.74 Å². The van der Waals surface area contributed by atoms with Crippen molar-refractivity contribution in [3.05, 3.63) is 120 Å². The van der Waals surface area contributed by atoms with Gasteiger partial charge in [0.2, 0.25) is 0 Å². The Hall–Kier alpha value is -4.50. The fraction of sp³-hybridized carbons (Fsp3) is 0.118. The molecule has 1 aliphatic heterocycles. The zero-order valence-corrected chi connectivity index (χ0v) is 20.5. The quantitative estimate of drug-likeness (QED) is 0.274. The average molecular weight is 479 g/mol. The number of aromatic amines is 1. The molecule has 0 bridgehead atoms. The molecule has 0 spiro atoms. The third-order valence-electron chi connectivity index (χ3n) is 7.87. The Labute approximate surface area is 216 Å². The van der Waals surface area contributed by atoms with Crippen molar-refractivity contribution >= 4 is 39.3 Å². The summed E-state index contributed by atoms with van der Waals surface area (Å²) in [7, 11) is 0. The van der Waals surface area contributed by atoms with Gasteiger partial charge in [0.15, 0.2) is 5.75 Å². The van der Waals surface area contributed by atoms with Gasteiger partial charge in [-0.2, -0.15) is 0 Å². The number of anilines is 2. The summed E-state index contributed by atoms with van der Waals surface area (Å²) in [5, 5.41) is 2.62. The van der Waals surface area contributed by atoms with Crippen LogP contribution in [0, 0.1) is 0 Å². The van der Waals surface area contributed by atoms with E-state index in [1.165, 1.54) is 44.1 Å². The molecule has 178 valence electrons. The van der Waals surface area contributed by atoms with Crippen molar-refractivity contribution in [1.29, 1.82) is 0 Å². The summed E-state index contributed by atoms with van der Waals surface area (Å²) in [5.74, 6) is 1.84. The topological polar surface area (TPSA) is 28.3 Å². The van der Waals surface area contributed by atoms with Crippen molar-refractivity contribution in [3.8, 4) is 16.9 Å². The van der Waals surface area contributed by atoms with E-state index < -0.39 is 0 Å². The number of nitrogens with zero attached hydrogens (tertiary/aromatic N) is 1. The molecule has 3 heteroatoms. The van der Waals surface area contributed by atoms with Gasteiger partial charge in [0.1, 0.15) is 5.76 Å². The van der Waals surface area contributed by atoms with Gasteiger partial charge in [-0.3, -0.25) is 0 Å². The molecule has 2 aliphatic carbocycles. The second kappa shape index (κ2) is 8.01. The van der Waals surface area contributed by atoms with Crippen LogP contribution in [0.25, 0.3) is 39.0 Å². The molecule has 37 heavy (non-hydrogen) atoms. The molecule has 5 aromatic rings. The second-order valence-corrected chi connectivity index (χ2v) is 10.0. The van der Waals surface area contributed by atoms with Crippen LogP contribution < -0.4 is 9.64 Å². The largest absolute Gasteiger partial charge is 0.453 e. The van der Waals surface area contributed by atoms with Crippen LogP contribution >= 0.6 is 0 Å². The fourth-order valence-electron chi connectivity index (χ4n) is 6.16. The molecule has 0 saturated heterocycles. The van der Waals surface area contributed by atoms with Gasteiger partial charge in [-0.25, -0.2) is 0 Å². The van der Waals surface area contributed by atoms with Crippen LogP contribution in [0.4, 0.5) is 11.4 Å². The number of allylic oxidation sites excluding steroid dienone is 3. The molecule has 3 nitrogen and oxygen atoms in total. The van der Waals surface area contributed by atoms with Gasteiger partial charge in [-0.15, -0.1) is 0 Å². The lowest BCUT2D eigenvalue weighted by molar-refractivity contribution is 0.417. The summed E-state index contributed by atoms with van der Waals surface area (Å²) < 4.78 is 6.41. The first-order valence-corrected chi connectivity index (χ1v) is 13.2. The number of hydrogen-bond donors (Lipinski definition) is 1. The highest BCUT2D eigenvalue weighted by molar-refractivity contribution is 6.15. The molecule has 4 aromatic carbocycles. The zero-order chi connectivity index (χ0) is 24.3. The highest BCUT2D eigenvalue weighted by Crippen LogP contribution is 2.48. The molecule has 0 radical (unpaired) electrons. The molecule has 0 fully saturated rings. The van der Waals surface area contributed by atoms with Gasteiger partial charge >= 0.3 is 0 Å². The number of para-hydroxylation sites is 2. The molecular formula is C34H26N2O.